The Morgan fingerprint density at radius 2 is 0.682 bits per heavy atom. The largest absolute Gasteiger partial charge is 0.456 e. The fraction of sp³-hybridized carbons (Fsp3) is 0. The van der Waals surface area contributed by atoms with Crippen LogP contribution in [-0.2, 0) is 0 Å². The third kappa shape index (κ3) is 7.41. The van der Waals surface area contributed by atoms with Gasteiger partial charge in [0.25, 0.3) is 0 Å². The van der Waals surface area contributed by atoms with Crippen LogP contribution in [0.5, 0.6) is 0 Å². The third-order valence-electron chi connectivity index (χ3n) is 12.9. The van der Waals surface area contributed by atoms with Crippen molar-refractivity contribution in [3.63, 3.8) is 0 Å². The molecule has 0 N–H and O–H groups in total. The number of anilines is 3. The van der Waals surface area contributed by atoms with E-state index in [-0.39, 0.29) is 0 Å². The summed E-state index contributed by atoms with van der Waals surface area (Å²) >= 11 is 0. The molecule has 0 spiro atoms. The van der Waals surface area contributed by atoms with Gasteiger partial charge in [0.2, 0.25) is 0 Å². The summed E-state index contributed by atoms with van der Waals surface area (Å²) in [5, 5.41) is 4.78. The molecule has 0 atom stereocenters. The number of para-hydroxylation sites is 2. The maximum atomic E-state index is 6.27. The second-order valence-corrected chi connectivity index (χ2v) is 16.9. The van der Waals surface area contributed by atoms with E-state index >= 15 is 0 Å². The van der Waals surface area contributed by atoms with Crippen LogP contribution in [0.4, 0.5) is 17.1 Å². The molecule has 0 aliphatic heterocycles. The van der Waals surface area contributed by atoms with E-state index in [2.05, 4.69) is 254 Å². The summed E-state index contributed by atoms with van der Waals surface area (Å²) in [5.41, 5.74) is 19.2. The molecule has 12 rings (SSSR count). The molecule has 12 aromatic rings. The number of hydrogen-bond donors (Lipinski definition) is 0. The summed E-state index contributed by atoms with van der Waals surface area (Å²) in [7, 11) is 0. The predicted octanol–water partition coefficient (Wildman–Crippen LogP) is 18.2. The molecule has 0 aliphatic carbocycles. The Morgan fingerprint density at radius 3 is 1.39 bits per heavy atom. The molecule has 0 bridgehead atoms. The molecule has 0 saturated carbocycles. The smallest absolute Gasteiger partial charge is 0.136 e. The minimum absolute atomic E-state index is 0.895. The molecule has 0 aliphatic rings. The summed E-state index contributed by atoms with van der Waals surface area (Å²) in [6, 6.07) is 93.9. The van der Waals surface area contributed by atoms with Crippen LogP contribution in [0.15, 0.2) is 265 Å². The molecule has 0 fully saturated rings. The normalized spacial score (nSPS) is 11.3. The molecule has 0 unspecified atom stereocenters. The average Bonchev–Trinajstić information content (AvgIpc) is 3.78. The van der Waals surface area contributed by atoms with Crippen LogP contribution in [0, 0.1) is 0 Å². The van der Waals surface area contributed by atoms with Crippen molar-refractivity contribution in [1.82, 2.24) is 0 Å². The number of rotatable bonds is 9. The van der Waals surface area contributed by atoms with Crippen molar-refractivity contribution in [3.05, 3.63) is 261 Å². The number of fused-ring (bicyclic) bond motifs is 4. The van der Waals surface area contributed by atoms with E-state index in [0.29, 0.717) is 0 Å². The van der Waals surface area contributed by atoms with Crippen LogP contribution in [0.3, 0.4) is 0 Å². The van der Waals surface area contributed by atoms with E-state index in [0.717, 1.165) is 66.8 Å². The van der Waals surface area contributed by atoms with Crippen LogP contribution in [0.25, 0.3) is 99.5 Å². The highest BCUT2D eigenvalue weighted by Crippen LogP contribution is 2.43. The van der Waals surface area contributed by atoms with E-state index in [1.807, 2.05) is 12.1 Å². The van der Waals surface area contributed by atoms with E-state index < -0.39 is 0 Å². The highest BCUT2D eigenvalue weighted by molar-refractivity contribution is 6.06. The van der Waals surface area contributed by atoms with Gasteiger partial charge in [-0.3, -0.25) is 0 Å². The lowest BCUT2D eigenvalue weighted by atomic mass is 9.96. The van der Waals surface area contributed by atoms with Gasteiger partial charge in [-0.25, -0.2) is 0 Å². The molecule has 0 amide bonds. The summed E-state index contributed by atoms with van der Waals surface area (Å²) in [4.78, 5) is 2.38. The van der Waals surface area contributed by atoms with Crippen molar-refractivity contribution in [2.75, 3.05) is 4.90 Å². The molecule has 1 heterocycles. The van der Waals surface area contributed by atoms with Crippen molar-refractivity contribution < 1.29 is 4.42 Å². The lowest BCUT2D eigenvalue weighted by Gasteiger charge is -2.28. The summed E-state index contributed by atoms with van der Waals surface area (Å²) in [6.07, 6.45) is 0. The second kappa shape index (κ2) is 16.8. The molecule has 2 heteroatoms. The number of nitrogens with zero attached hydrogens (tertiary/aromatic N) is 1. The zero-order chi connectivity index (χ0) is 43.8. The van der Waals surface area contributed by atoms with Gasteiger partial charge in [-0.2, -0.15) is 0 Å². The fourth-order valence-electron chi connectivity index (χ4n) is 9.45. The van der Waals surface area contributed by atoms with Gasteiger partial charge in [0.05, 0.1) is 5.69 Å². The quantitative estimate of drug-likeness (QED) is 0.144. The van der Waals surface area contributed by atoms with Gasteiger partial charge in [0.15, 0.2) is 0 Å². The van der Waals surface area contributed by atoms with Crippen molar-refractivity contribution in [2.45, 2.75) is 0 Å². The molecule has 0 saturated heterocycles. The van der Waals surface area contributed by atoms with Crippen molar-refractivity contribution in [3.8, 4) is 66.8 Å². The maximum absolute atomic E-state index is 6.27. The lowest BCUT2D eigenvalue weighted by molar-refractivity contribution is 0.669. The number of furan rings is 1. The molecule has 1 aromatic heterocycles. The van der Waals surface area contributed by atoms with E-state index in [1.54, 1.807) is 0 Å². The topological polar surface area (TPSA) is 16.4 Å². The van der Waals surface area contributed by atoms with Crippen LogP contribution < -0.4 is 4.90 Å². The monoisotopic (exact) mass is 841 g/mol. The predicted molar refractivity (Wildman–Crippen MR) is 279 cm³/mol. The third-order valence-corrected chi connectivity index (χ3v) is 12.9. The SMILES string of the molecule is c1ccc(-c2cccc(-c3ccccc3N(c3ccc(-c4ccc(-c5cccc(-c6ccc7ccccc7c6)c5)cc4)cc3)c3ccc(-c4ccc5c(c4)oc4ccccc45)cc3)c2)cc1. The van der Waals surface area contributed by atoms with Crippen LogP contribution >= 0.6 is 0 Å². The summed E-state index contributed by atoms with van der Waals surface area (Å²) in [6.45, 7) is 0. The molecule has 2 nitrogen and oxygen atoms in total. The fourth-order valence-corrected chi connectivity index (χ4v) is 9.45. The first-order valence-corrected chi connectivity index (χ1v) is 22.6. The van der Waals surface area contributed by atoms with Crippen molar-refractivity contribution in [1.29, 1.82) is 0 Å². The Balaban J connectivity index is 0.885. The molecule has 66 heavy (non-hydrogen) atoms. The molecule has 0 radical (unpaired) electrons. The summed E-state index contributed by atoms with van der Waals surface area (Å²) < 4.78 is 6.27. The Morgan fingerprint density at radius 1 is 0.242 bits per heavy atom. The molecular formula is C64H43NO. The number of benzene rings is 11. The van der Waals surface area contributed by atoms with Gasteiger partial charge in [0, 0.05) is 27.7 Å². The van der Waals surface area contributed by atoms with Gasteiger partial charge < -0.3 is 9.32 Å². The Labute approximate surface area is 384 Å². The van der Waals surface area contributed by atoms with Gasteiger partial charge in [-0.05, 0) is 139 Å². The Kier molecular flexibility index (Phi) is 9.89. The minimum Gasteiger partial charge on any atom is -0.456 e. The number of hydrogen-bond acceptors (Lipinski definition) is 2. The summed E-state index contributed by atoms with van der Waals surface area (Å²) in [5.74, 6) is 0. The van der Waals surface area contributed by atoms with Gasteiger partial charge >= 0.3 is 0 Å². The Bertz CT molecular complexity index is 3680. The van der Waals surface area contributed by atoms with Crippen LogP contribution in [-0.4, -0.2) is 0 Å². The van der Waals surface area contributed by atoms with Gasteiger partial charge in [0.1, 0.15) is 11.2 Å². The van der Waals surface area contributed by atoms with E-state index in [1.165, 1.54) is 49.7 Å². The molecule has 11 aromatic carbocycles. The first-order chi connectivity index (χ1) is 32.7. The van der Waals surface area contributed by atoms with Crippen molar-refractivity contribution in [2.24, 2.45) is 0 Å². The minimum atomic E-state index is 0.895. The van der Waals surface area contributed by atoms with Crippen molar-refractivity contribution >= 4 is 49.8 Å². The van der Waals surface area contributed by atoms with Crippen LogP contribution in [0.2, 0.25) is 0 Å². The average molecular weight is 842 g/mol. The first kappa shape index (κ1) is 38.9. The highest BCUT2D eigenvalue weighted by atomic mass is 16.3. The second-order valence-electron chi connectivity index (χ2n) is 16.9. The zero-order valence-corrected chi connectivity index (χ0v) is 36.2. The highest BCUT2D eigenvalue weighted by Gasteiger charge is 2.19. The Hall–Kier alpha value is -8.72. The zero-order valence-electron chi connectivity index (χ0n) is 36.2. The van der Waals surface area contributed by atoms with E-state index in [4.69, 9.17) is 4.42 Å². The first-order valence-electron chi connectivity index (χ1n) is 22.6. The van der Waals surface area contributed by atoms with Gasteiger partial charge in [-0.15, -0.1) is 0 Å². The maximum Gasteiger partial charge on any atom is 0.136 e. The molecular weight excluding hydrogens is 799 g/mol. The van der Waals surface area contributed by atoms with Gasteiger partial charge in [-0.1, -0.05) is 194 Å². The van der Waals surface area contributed by atoms with E-state index in [9.17, 15) is 0 Å². The van der Waals surface area contributed by atoms with Crippen LogP contribution in [0.1, 0.15) is 0 Å². The molecule has 310 valence electrons. The standard InChI is InChI=1S/C64H43NO/c1-2-12-44(13-3-1)52-17-11-19-56(42-52)59-20-6-8-22-62(59)65(58-37-32-49(33-38-58)55-34-39-61-60-21-7-9-23-63(60)66-64(61)43-55)57-35-30-47(31-36-57)46-24-26-48(27-25-46)51-16-10-18-53(40-51)54-29-28-45-14-4-5-15-50(45)41-54/h1-43H. The lowest BCUT2D eigenvalue weighted by Crippen LogP contribution is -2.11.